The van der Waals surface area contributed by atoms with E-state index in [1.165, 1.54) is 37.8 Å². The second-order valence-corrected chi connectivity index (χ2v) is 7.15. The first-order valence-electron chi connectivity index (χ1n) is 8.39. The third-order valence-electron chi connectivity index (χ3n) is 3.83. The summed E-state index contributed by atoms with van der Waals surface area (Å²) in [6.45, 7) is 5.42. The molecule has 0 heterocycles. The Kier molecular flexibility index (Phi) is 5.85. The molecule has 0 radical (unpaired) electrons. The van der Waals surface area contributed by atoms with E-state index in [1.54, 1.807) is 6.07 Å². The van der Waals surface area contributed by atoms with Gasteiger partial charge in [-0.05, 0) is 51.8 Å². The highest BCUT2D eigenvalue weighted by atomic mass is 19.1. The maximum Gasteiger partial charge on any atom is 0.412 e. The smallest absolute Gasteiger partial charge is 0.412 e. The molecular formula is C18H27FN2O2. The van der Waals surface area contributed by atoms with Crippen LogP contribution < -0.4 is 10.6 Å². The van der Waals surface area contributed by atoms with Gasteiger partial charge in [0, 0.05) is 6.04 Å². The fraction of sp³-hybridized carbons (Fsp3) is 0.611. The fourth-order valence-electron chi connectivity index (χ4n) is 2.80. The Morgan fingerprint density at radius 2 is 1.78 bits per heavy atom. The third kappa shape index (κ3) is 6.08. The van der Waals surface area contributed by atoms with Gasteiger partial charge in [0.1, 0.15) is 11.4 Å². The number of rotatable bonds is 3. The number of benzene rings is 1. The van der Waals surface area contributed by atoms with E-state index in [4.69, 9.17) is 4.74 Å². The van der Waals surface area contributed by atoms with E-state index in [9.17, 15) is 9.18 Å². The molecule has 1 aliphatic rings. The molecule has 2 N–H and O–H groups in total. The number of anilines is 2. The van der Waals surface area contributed by atoms with Crippen LogP contribution in [-0.4, -0.2) is 17.7 Å². The average molecular weight is 322 g/mol. The van der Waals surface area contributed by atoms with Gasteiger partial charge in [0.2, 0.25) is 0 Å². The minimum absolute atomic E-state index is 0.318. The van der Waals surface area contributed by atoms with Crippen LogP contribution in [-0.2, 0) is 4.74 Å². The molecule has 1 aliphatic carbocycles. The molecule has 128 valence electrons. The van der Waals surface area contributed by atoms with Crippen molar-refractivity contribution in [3.8, 4) is 0 Å². The van der Waals surface area contributed by atoms with Crippen molar-refractivity contribution in [2.75, 3.05) is 10.6 Å². The maximum absolute atomic E-state index is 13.6. The number of hydrogen-bond acceptors (Lipinski definition) is 3. The van der Waals surface area contributed by atoms with Crippen molar-refractivity contribution in [2.45, 2.75) is 70.9 Å². The van der Waals surface area contributed by atoms with Crippen LogP contribution in [0.5, 0.6) is 0 Å². The van der Waals surface area contributed by atoms with E-state index in [0.717, 1.165) is 12.8 Å². The van der Waals surface area contributed by atoms with E-state index in [2.05, 4.69) is 10.6 Å². The first-order valence-corrected chi connectivity index (χ1v) is 8.39. The van der Waals surface area contributed by atoms with Crippen LogP contribution in [0.15, 0.2) is 18.2 Å². The number of halogens is 1. The predicted octanol–water partition coefficient (Wildman–Crippen LogP) is 5.31. The zero-order valence-corrected chi connectivity index (χ0v) is 14.2. The quantitative estimate of drug-likeness (QED) is 0.742. The molecule has 0 aromatic heterocycles. The Labute approximate surface area is 137 Å². The number of ether oxygens (including phenoxy) is 1. The molecule has 1 saturated carbocycles. The van der Waals surface area contributed by atoms with Crippen LogP contribution in [0, 0.1) is 5.82 Å². The number of nitrogens with one attached hydrogen (secondary N) is 2. The molecule has 5 heteroatoms. The lowest BCUT2D eigenvalue weighted by molar-refractivity contribution is 0.0636. The van der Waals surface area contributed by atoms with Crippen molar-refractivity contribution in [1.29, 1.82) is 0 Å². The summed E-state index contributed by atoms with van der Waals surface area (Å²) < 4.78 is 18.9. The normalized spacial score (nSPS) is 16.5. The van der Waals surface area contributed by atoms with Gasteiger partial charge in [-0.15, -0.1) is 0 Å². The van der Waals surface area contributed by atoms with Crippen LogP contribution in [0.2, 0.25) is 0 Å². The number of amides is 1. The Balaban J connectivity index is 2.08. The molecule has 0 bridgehead atoms. The summed E-state index contributed by atoms with van der Waals surface area (Å²) in [5.41, 5.74) is 0.589. The molecule has 1 aromatic rings. The average Bonchev–Trinajstić information content (AvgIpc) is 2.68. The SMILES string of the molecule is CC(C)(C)OC(=O)Nc1ccc(F)cc1NC1CCCCCC1. The van der Waals surface area contributed by atoms with Gasteiger partial charge in [-0.1, -0.05) is 25.7 Å². The molecule has 2 rings (SSSR count). The number of hydrogen-bond donors (Lipinski definition) is 2. The molecule has 0 unspecified atom stereocenters. The summed E-state index contributed by atoms with van der Waals surface area (Å²) in [7, 11) is 0. The van der Waals surface area contributed by atoms with E-state index in [0.29, 0.717) is 17.4 Å². The summed E-state index contributed by atoms with van der Waals surface area (Å²) in [5, 5.41) is 6.10. The van der Waals surface area contributed by atoms with Crippen LogP contribution in [0.3, 0.4) is 0 Å². The lowest BCUT2D eigenvalue weighted by Gasteiger charge is -2.22. The highest BCUT2D eigenvalue weighted by Crippen LogP contribution is 2.27. The van der Waals surface area contributed by atoms with Crippen molar-refractivity contribution in [3.63, 3.8) is 0 Å². The summed E-state index contributed by atoms with van der Waals surface area (Å²) >= 11 is 0. The van der Waals surface area contributed by atoms with Gasteiger partial charge < -0.3 is 10.1 Å². The van der Waals surface area contributed by atoms with E-state index in [1.807, 2.05) is 20.8 Å². The highest BCUT2D eigenvalue weighted by Gasteiger charge is 2.19. The van der Waals surface area contributed by atoms with Crippen molar-refractivity contribution < 1.29 is 13.9 Å². The first kappa shape index (κ1) is 17.6. The maximum atomic E-state index is 13.6. The number of carbonyl (C=O) groups is 1. The molecule has 4 nitrogen and oxygen atoms in total. The second kappa shape index (κ2) is 7.66. The summed E-state index contributed by atoms with van der Waals surface area (Å²) in [5.74, 6) is -0.323. The summed E-state index contributed by atoms with van der Waals surface area (Å²) in [6.07, 6.45) is 6.48. The van der Waals surface area contributed by atoms with Crippen LogP contribution in [0.1, 0.15) is 59.3 Å². The Hall–Kier alpha value is -1.78. The number of carbonyl (C=O) groups excluding carboxylic acids is 1. The standard InChI is InChI=1S/C18H27FN2O2/c1-18(2,3)23-17(22)21-15-11-10-13(19)12-16(15)20-14-8-6-4-5-7-9-14/h10-12,14,20H,4-9H2,1-3H3,(H,21,22). The van der Waals surface area contributed by atoms with Gasteiger partial charge >= 0.3 is 6.09 Å². The summed E-state index contributed by atoms with van der Waals surface area (Å²) in [4.78, 5) is 12.0. The molecule has 0 aliphatic heterocycles. The molecule has 1 aromatic carbocycles. The summed E-state index contributed by atoms with van der Waals surface area (Å²) in [6, 6.07) is 4.65. The Morgan fingerprint density at radius 3 is 2.39 bits per heavy atom. The van der Waals surface area contributed by atoms with Gasteiger partial charge in [-0.2, -0.15) is 0 Å². The Morgan fingerprint density at radius 1 is 1.13 bits per heavy atom. The van der Waals surface area contributed by atoms with Crippen molar-refractivity contribution >= 4 is 17.5 Å². The van der Waals surface area contributed by atoms with Gasteiger partial charge in [-0.3, -0.25) is 5.32 Å². The second-order valence-electron chi connectivity index (χ2n) is 7.15. The highest BCUT2D eigenvalue weighted by molar-refractivity contribution is 5.89. The van der Waals surface area contributed by atoms with Gasteiger partial charge in [0.15, 0.2) is 0 Å². The third-order valence-corrected chi connectivity index (χ3v) is 3.83. The minimum atomic E-state index is -0.570. The topological polar surface area (TPSA) is 50.4 Å². The van der Waals surface area contributed by atoms with Gasteiger partial charge in [0.25, 0.3) is 0 Å². The van der Waals surface area contributed by atoms with E-state index < -0.39 is 11.7 Å². The fourth-order valence-corrected chi connectivity index (χ4v) is 2.80. The monoisotopic (exact) mass is 322 g/mol. The van der Waals surface area contributed by atoms with E-state index in [-0.39, 0.29) is 5.82 Å². The van der Waals surface area contributed by atoms with Crippen LogP contribution >= 0.6 is 0 Å². The van der Waals surface area contributed by atoms with E-state index >= 15 is 0 Å². The van der Waals surface area contributed by atoms with Crippen LogP contribution in [0.4, 0.5) is 20.6 Å². The van der Waals surface area contributed by atoms with Crippen molar-refractivity contribution in [3.05, 3.63) is 24.0 Å². The first-order chi connectivity index (χ1) is 10.8. The molecule has 1 amide bonds. The predicted molar refractivity (Wildman–Crippen MR) is 91.4 cm³/mol. The van der Waals surface area contributed by atoms with Gasteiger partial charge in [-0.25, -0.2) is 9.18 Å². The zero-order valence-electron chi connectivity index (χ0n) is 14.2. The molecule has 1 fully saturated rings. The molecule has 0 saturated heterocycles. The minimum Gasteiger partial charge on any atom is -0.444 e. The van der Waals surface area contributed by atoms with Crippen molar-refractivity contribution in [2.24, 2.45) is 0 Å². The molecule has 0 atom stereocenters. The zero-order chi connectivity index (χ0) is 16.9. The molecular weight excluding hydrogens is 295 g/mol. The Bertz CT molecular complexity index is 532. The lowest BCUT2D eigenvalue weighted by atomic mass is 10.1. The largest absolute Gasteiger partial charge is 0.444 e. The van der Waals surface area contributed by atoms with Crippen LogP contribution in [0.25, 0.3) is 0 Å². The lowest BCUT2D eigenvalue weighted by Crippen LogP contribution is -2.28. The van der Waals surface area contributed by atoms with Gasteiger partial charge in [0.05, 0.1) is 11.4 Å². The van der Waals surface area contributed by atoms with Crippen molar-refractivity contribution in [1.82, 2.24) is 0 Å². The molecule has 0 spiro atoms. The molecule has 23 heavy (non-hydrogen) atoms.